The number of aryl methyl sites for hydroxylation is 1. The van der Waals surface area contributed by atoms with Crippen molar-refractivity contribution < 1.29 is 19.1 Å². The molecule has 198 valence electrons. The summed E-state index contributed by atoms with van der Waals surface area (Å²) in [6, 6.07) is 9.80. The van der Waals surface area contributed by atoms with E-state index in [4.69, 9.17) is 9.47 Å². The molecule has 9 nitrogen and oxygen atoms in total. The first kappa shape index (κ1) is 25.8. The summed E-state index contributed by atoms with van der Waals surface area (Å²) in [6.07, 6.45) is 6.01. The van der Waals surface area contributed by atoms with Crippen molar-refractivity contribution in [3.8, 4) is 0 Å². The normalized spacial score (nSPS) is 20.9. The van der Waals surface area contributed by atoms with Crippen LogP contribution in [-0.2, 0) is 25.5 Å². The first-order valence-electron chi connectivity index (χ1n) is 13.0. The van der Waals surface area contributed by atoms with E-state index in [0.717, 1.165) is 55.7 Å². The Labute approximate surface area is 222 Å². The van der Waals surface area contributed by atoms with Crippen LogP contribution >= 0.6 is 0 Å². The number of likely N-dealkylation sites (N-methyl/N-ethyl adjacent to an activating group) is 1. The molecule has 1 unspecified atom stereocenters. The van der Waals surface area contributed by atoms with Crippen LogP contribution in [0.4, 0.5) is 5.69 Å². The van der Waals surface area contributed by atoms with Gasteiger partial charge in [0.2, 0.25) is 11.7 Å². The lowest BCUT2D eigenvalue weighted by Crippen LogP contribution is -2.45. The van der Waals surface area contributed by atoms with Gasteiger partial charge in [0.25, 0.3) is 0 Å². The zero-order chi connectivity index (χ0) is 26.6. The number of esters is 1. The molecule has 0 aliphatic carbocycles. The van der Waals surface area contributed by atoms with Crippen LogP contribution in [0.2, 0.25) is 0 Å². The number of ether oxygens (including phenoxy) is 2. The lowest BCUT2D eigenvalue weighted by atomic mass is 10.0. The molecule has 1 N–H and O–H groups in total. The fourth-order valence-corrected chi connectivity index (χ4v) is 4.81. The molecule has 38 heavy (non-hydrogen) atoms. The number of carbonyl (C=O) groups is 2. The van der Waals surface area contributed by atoms with E-state index in [1.165, 1.54) is 5.56 Å². The Balaban J connectivity index is 1.38. The second-order valence-corrected chi connectivity index (χ2v) is 9.77. The van der Waals surface area contributed by atoms with Gasteiger partial charge in [-0.25, -0.2) is 9.98 Å². The van der Waals surface area contributed by atoms with E-state index in [0.29, 0.717) is 11.3 Å². The van der Waals surface area contributed by atoms with Gasteiger partial charge >= 0.3 is 5.97 Å². The van der Waals surface area contributed by atoms with Gasteiger partial charge in [0.05, 0.1) is 12.3 Å². The molecule has 1 atom stereocenters. The number of aromatic nitrogens is 2. The van der Waals surface area contributed by atoms with E-state index in [1.54, 1.807) is 25.4 Å². The van der Waals surface area contributed by atoms with Crippen molar-refractivity contribution in [3.63, 3.8) is 0 Å². The number of aliphatic imine (C=N–C) groups is 1. The fraction of sp³-hybridized carbons (Fsp3) is 0.379. The number of Topliss-reactive ketones (excluding diaryl/α,β-unsaturated/α-hetero) is 1. The highest BCUT2D eigenvalue weighted by molar-refractivity contribution is 6.27. The first-order chi connectivity index (χ1) is 18.4. The molecule has 0 bridgehead atoms. The summed E-state index contributed by atoms with van der Waals surface area (Å²) in [4.78, 5) is 42.9. The van der Waals surface area contributed by atoms with Crippen molar-refractivity contribution in [2.45, 2.75) is 20.3 Å². The molecule has 5 rings (SSSR count). The zero-order valence-electron chi connectivity index (χ0n) is 22.1. The summed E-state index contributed by atoms with van der Waals surface area (Å²) in [5.74, 6) is -2.29. The molecule has 2 aliphatic rings. The number of carbonyl (C=O) groups excluding carboxylic acids is 2. The minimum Gasteiger partial charge on any atom is -0.465 e. The fourth-order valence-electron chi connectivity index (χ4n) is 4.81. The minimum atomic E-state index is -1.24. The largest absolute Gasteiger partial charge is 0.465 e. The van der Waals surface area contributed by atoms with Crippen LogP contribution in [0.15, 0.2) is 53.5 Å². The van der Waals surface area contributed by atoms with E-state index in [2.05, 4.69) is 37.9 Å². The van der Waals surface area contributed by atoms with Gasteiger partial charge < -0.3 is 24.3 Å². The number of aromatic amines is 1. The number of piperazine rings is 1. The standard InChI is InChI=1S/C29H33N5O4/c1-4-37-29(36)25-26(35)24(17-21-18-31-27-22(21)6-5-10-30-27)38-28(25)32-23-8-7-20(16-19(23)2)9-11-34-14-12-33(3)13-15-34/h5-8,10,16-18,25H,4,9,11-15H2,1-3H3,(H,30,31)/b24-17-,32-28?. The maximum atomic E-state index is 13.3. The maximum Gasteiger partial charge on any atom is 0.326 e. The highest BCUT2D eigenvalue weighted by Crippen LogP contribution is 2.30. The number of nitrogens with one attached hydrogen (secondary N) is 1. The Morgan fingerprint density at radius 2 is 2.08 bits per heavy atom. The third-order valence-electron chi connectivity index (χ3n) is 7.06. The van der Waals surface area contributed by atoms with Crippen LogP contribution < -0.4 is 0 Å². The molecule has 0 radical (unpaired) electrons. The smallest absolute Gasteiger partial charge is 0.326 e. The summed E-state index contributed by atoms with van der Waals surface area (Å²) in [5.41, 5.74) is 4.27. The van der Waals surface area contributed by atoms with Crippen molar-refractivity contribution in [1.82, 2.24) is 19.8 Å². The summed E-state index contributed by atoms with van der Waals surface area (Å²) in [7, 11) is 2.16. The maximum absolute atomic E-state index is 13.3. The molecule has 0 amide bonds. The van der Waals surface area contributed by atoms with Gasteiger partial charge in [-0.15, -0.1) is 0 Å². The van der Waals surface area contributed by atoms with E-state index in [-0.39, 0.29) is 18.3 Å². The Morgan fingerprint density at radius 3 is 2.84 bits per heavy atom. The number of benzene rings is 1. The van der Waals surface area contributed by atoms with Crippen molar-refractivity contribution in [2.75, 3.05) is 46.4 Å². The predicted molar refractivity (Wildman–Crippen MR) is 146 cm³/mol. The van der Waals surface area contributed by atoms with E-state index >= 15 is 0 Å². The highest BCUT2D eigenvalue weighted by Gasteiger charge is 2.44. The minimum absolute atomic E-state index is 0.0333. The molecule has 0 saturated carbocycles. The second kappa shape index (κ2) is 11.3. The average Bonchev–Trinajstić information content (AvgIpc) is 3.46. The Morgan fingerprint density at radius 1 is 1.26 bits per heavy atom. The Hall–Kier alpha value is -3.82. The van der Waals surface area contributed by atoms with Gasteiger partial charge in [0.1, 0.15) is 5.65 Å². The predicted octanol–water partition coefficient (Wildman–Crippen LogP) is 3.51. The van der Waals surface area contributed by atoms with Crippen molar-refractivity contribution in [1.29, 1.82) is 0 Å². The number of allylic oxidation sites excluding steroid dienone is 1. The number of rotatable bonds is 7. The van der Waals surface area contributed by atoms with Crippen molar-refractivity contribution in [3.05, 3.63) is 65.2 Å². The Bertz CT molecular complexity index is 1400. The summed E-state index contributed by atoms with van der Waals surface area (Å²) in [5, 5.41) is 0.845. The van der Waals surface area contributed by atoms with Gasteiger partial charge in [-0.05, 0) is 62.7 Å². The van der Waals surface area contributed by atoms with Crippen LogP contribution in [-0.4, -0.2) is 83.8 Å². The van der Waals surface area contributed by atoms with Crippen LogP contribution in [0.3, 0.4) is 0 Å². The van der Waals surface area contributed by atoms with Gasteiger partial charge in [0, 0.05) is 56.1 Å². The molecule has 3 aromatic rings. The number of hydrogen-bond acceptors (Lipinski definition) is 8. The molecule has 4 heterocycles. The number of pyridine rings is 1. The molecule has 2 aliphatic heterocycles. The second-order valence-electron chi connectivity index (χ2n) is 9.77. The number of H-pyrrole nitrogens is 1. The van der Waals surface area contributed by atoms with Crippen LogP contribution in [0.25, 0.3) is 17.1 Å². The van der Waals surface area contributed by atoms with E-state index < -0.39 is 17.7 Å². The van der Waals surface area contributed by atoms with E-state index in [1.807, 2.05) is 31.2 Å². The third kappa shape index (κ3) is 5.54. The lowest BCUT2D eigenvalue weighted by Gasteiger charge is -2.32. The van der Waals surface area contributed by atoms with Crippen molar-refractivity contribution >= 4 is 40.4 Å². The van der Waals surface area contributed by atoms with Crippen LogP contribution in [0.1, 0.15) is 23.6 Å². The quantitative estimate of drug-likeness (QED) is 0.292. The number of nitrogens with zero attached hydrogens (tertiary/aromatic N) is 4. The summed E-state index contributed by atoms with van der Waals surface area (Å²) < 4.78 is 11.1. The molecular formula is C29H33N5O4. The Kier molecular flexibility index (Phi) is 7.67. The SMILES string of the molecule is CCOC(=O)C1C(=O)/C(=C/c2c[nH]c3ncccc23)OC1=Nc1ccc(CCN2CCN(C)CC2)cc1C. The zero-order valence-corrected chi connectivity index (χ0v) is 22.1. The van der Waals surface area contributed by atoms with E-state index in [9.17, 15) is 9.59 Å². The first-order valence-corrected chi connectivity index (χ1v) is 13.0. The highest BCUT2D eigenvalue weighted by atomic mass is 16.5. The molecule has 0 spiro atoms. The molecule has 2 fully saturated rings. The topological polar surface area (TPSA) is 100 Å². The van der Waals surface area contributed by atoms with Crippen LogP contribution in [0, 0.1) is 12.8 Å². The molecule has 9 heteroatoms. The molecule has 2 saturated heterocycles. The molecule has 2 aromatic heterocycles. The monoisotopic (exact) mass is 515 g/mol. The number of hydrogen-bond donors (Lipinski definition) is 1. The van der Waals surface area contributed by atoms with Gasteiger partial charge in [-0.3, -0.25) is 9.59 Å². The van der Waals surface area contributed by atoms with Gasteiger partial charge in [-0.2, -0.15) is 0 Å². The average molecular weight is 516 g/mol. The van der Waals surface area contributed by atoms with Gasteiger partial charge in [0.15, 0.2) is 11.7 Å². The van der Waals surface area contributed by atoms with Gasteiger partial charge in [-0.1, -0.05) is 12.1 Å². The molecular weight excluding hydrogens is 482 g/mol. The van der Waals surface area contributed by atoms with Crippen LogP contribution in [0.5, 0.6) is 0 Å². The third-order valence-corrected chi connectivity index (χ3v) is 7.06. The summed E-state index contributed by atoms with van der Waals surface area (Å²) >= 11 is 0. The molecule has 1 aromatic carbocycles. The summed E-state index contributed by atoms with van der Waals surface area (Å²) in [6.45, 7) is 9.23. The number of ketones is 1. The lowest BCUT2D eigenvalue weighted by molar-refractivity contribution is -0.147. The van der Waals surface area contributed by atoms with Crippen molar-refractivity contribution in [2.24, 2.45) is 10.9 Å². The number of fused-ring (bicyclic) bond motifs is 1.